The van der Waals surface area contributed by atoms with Gasteiger partial charge in [0.1, 0.15) is 6.54 Å². The molecule has 5 nitrogen and oxygen atoms in total. The maximum Gasteiger partial charge on any atom is 0.406 e. The monoisotopic (exact) mass is 344 g/mol. The molecule has 2 rings (SSSR count). The molecule has 2 atom stereocenters. The van der Waals surface area contributed by atoms with Crippen molar-refractivity contribution in [1.29, 1.82) is 0 Å². The summed E-state index contributed by atoms with van der Waals surface area (Å²) in [5, 5.41) is 2.65. The molecule has 0 spiro atoms. The molecule has 8 heteroatoms. The third-order valence-corrected chi connectivity index (χ3v) is 3.93. The smallest absolute Gasteiger partial charge is 0.377 e. The Hall–Kier alpha value is -2.09. The summed E-state index contributed by atoms with van der Waals surface area (Å²) in [5.41, 5.74) is 1.37. The lowest BCUT2D eigenvalue weighted by molar-refractivity contribution is -0.157. The summed E-state index contributed by atoms with van der Waals surface area (Å²) in [4.78, 5) is 24.5. The van der Waals surface area contributed by atoms with Crippen molar-refractivity contribution in [3.8, 4) is 0 Å². The third kappa shape index (κ3) is 4.70. The number of carbonyl (C=O) groups is 2. The topological polar surface area (TPSA) is 58.6 Å². The molecular weight excluding hydrogens is 325 g/mol. The van der Waals surface area contributed by atoms with Gasteiger partial charge in [0.05, 0.1) is 12.0 Å². The fourth-order valence-corrected chi connectivity index (χ4v) is 2.57. The fourth-order valence-electron chi connectivity index (χ4n) is 2.57. The first-order chi connectivity index (χ1) is 11.2. The number of methoxy groups -OCH3 is 1. The average molecular weight is 344 g/mol. The van der Waals surface area contributed by atoms with Gasteiger partial charge >= 0.3 is 6.18 Å². The number of nitrogens with zero attached hydrogens (tertiary/aromatic N) is 1. The quantitative estimate of drug-likeness (QED) is 0.894. The fraction of sp³-hybridized carbons (Fsp3) is 0.500. The molecular formula is C16H19F3N2O3. The van der Waals surface area contributed by atoms with Gasteiger partial charge in [0, 0.05) is 25.8 Å². The van der Waals surface area contributed by atoms with E-state index in [4.69, 9.17) is 4.74 Å². The van der Waals surface area contributed by atoms with E-state index in [1.807, 2.05) is 13.0 Å². The van der Waals surface area contributed by atoms with Gasteiger partial charge in [0.15, 0.2) is 0 Å². The van der Waals surface area contributed by atoms with Crippen molar-refractivity contribution in [2.24, 2.45) is 5.92 Å². The number of halogens is 3. The van der Waals surface area contributed by atoms with Gasteiger partial charge in [-0.2, -0.15) is 13.2 Å². The SMILES string of the molecule is CO[C@@H](C)c1cccc(NC(=O)[C@@H]2CC(=O)N(CC(F)(F)F)C2)c1. The molecule has 1 fully saturated rings. The van der Waals surface area contributed by atoms with Crippen LogP contribution < -0.4 is 5.32 Å². The Kier molecular flexibility index (Phi) is 5.48. The third-order valence-electron chi connectivity index (χ3n) is 3.93. The Balaban J connectivity index is 1.99. The number of hydrogen-bond donors (Lipinski definition) is 1. The lowest BCUT2D eigenvalue weighted by Crippen LogP contribution is -2.36. The zero-order valence-electron chi connectivity index (χ0n) is 13.4. The molecule has 1 aromatic rings. The number of likely N-dealkylation sites (tertiary alicyclic amines) is 1. The van der Waals surface area contributed by atoms with E-state index >= 15 is 0 Å². The van der Waals surface area contributed by atoms with Crippen LogP contribution in [0.1, 0.15) is 25.0 Å². The van der Waals surface area contributed by atoms with Crippen molar-refractivity contribution in [2.75, 3.05) is 25.5 Å². The van der Waals surface area contributed by atoms with Crippen LogP contribution in [-0.4, -0.2) is 43.1 Å². The van der Waals surface area contributed by atoms with E-state index in [1.54, 1.807) is 25.3 Å². The molecule has 0 aliphatic carbocycles. The summed E-state index contributed by atoms with van der Waals surface area (Å²) in [6.45, 7) is 0.306. The van der Waals surface area contributed by atoms with Crippen LogP contribution in [0.4, 0.5) is 18.9 Å². The second-order valence-electron chi connectivity index (χ2n) is 5.78. The minimum Gasteiger partial charge on any atom is -0.377 e. The Morgan fingerprint density at radius 2 is 2.17 bits per heavy atom. The molecule has 2 amide bonds. The maximum absolute atomic E-state index is 12.4. The summed E-state index contributed by atoms with van der Waals surface area (Å²) >= 11 is 0. The Morgan fingerprint density at radius 3 is 2.79 bits per heavy atom. The molecule has 0 saturated carbocycles. The summed E-state index contributed by atoms with van der Waals surface area (Å²) in [6.07, 6.45) is -4.83. The van der Waals surface area contributed by atoms with Gasteiger partial charge in [-0.05, 0) is 24.6 Å². The molecule has 1 aliphatic rings. The molecule has 132 valence electrons. The average Bonchev–Trinajstić information content (AvgIpc) is 2.86. The van der Waals surface area contributed by atoms with E-state index in [0.29, 0.717) is 10.6 Å². The van der Waals surface area contributed by atoms with Crippen LogP contribution in [0, 0.1) is 5.92 Å². The van der Waals surface area contributed by atoms with Crippen LogP contribution in [0.5, 0.6) is 0 Å². The molecule has 0 radical (unpaired) electrons. The highest BCUT2D eigenvalue weighted by atomic mass is 19.4. The summed E-state index contributed by atoms with van der Waals surface area (Å²) < 4.78 is 42.4. The molecule has 0 aromatic heterocycles. The number of anilines is 1. The van der Waals surface area contributed by atoms with Crippen LogP contribution in [0.2, 0.25) is 0 Å². The van der Waals surface area contributed by atoms with E-state index < -0.39 is 30.5 Å². The van der Waals surface area contributed by atoms with Crippen molar-refractivity contribution < 1.29 is 27.5 Å². The zero-order valence-corrected chi connectivity index (χ0v) is 13.4. The molecule has 1 saturated heterocycles. The minimum absolute atomic E-state index is 0.155. The number of nitrogens with one attached hydrogen (secondary N) is 1. The highest BCUT2D eigenvalue weighted by Gasteiger charge is 2.40. The van der Waals surface area contributed by atoms with Gasteiger partial charge in [0.2, 0.25) is 11.8 Å². The number of benzene rings is 1. The molecule has 1 aromatic carbocycles. The first-order valence-corrected chi connectivity index (χ1v) is 7.47. The number of alkyl halides is 3. The van der Waals surface area contributed by atoms with Crippen molar-refractivity contribution >= 4 is 17.5 Å². The minimum atomic E-state index is -4.47. The summed E-state index contributed by atoms with van der Waals surface area (Å²) in [5.74, 6) is -1.91. The number of rotatable bonds is 5. The molecule has 0 unspecified atom stereocenters. The number of carbonyl (C=O) groups excluding carboxylic acids is 2. The van der Waals surface area contributed by atoms with Gasteiger partial charge < -0.3 is 15.0 Å². The number of hydrogen-bond acceptors (Lipinski definition) is 3. The molecule has 1 N–H and O–H groups in total. The van der Waals surface area contributed by atoms with Gasteiger partial charge in [-0.1, -0.05) is 12.1 Å². The Morgan fingerprint density at radius 1 is 1.46 bits per heavy atom. The van der Waals surface area contributed by atoms with Crippen LogP contribution >= 0.6 is 0 Å². The summed E-state index contributed by atoms with van der Waals surface area (Å²) in [6, 6.07) is 6.99. The predicted octanol–water partition coefficient (Wildman–Crippen LogP) is 2.74. The summed E-state index contributed by atoms with van der Waals surface area (Å²) in [7, 11) is 1.56. The van der Waals surface area contributed by atoms with Gasteiger partial charge in [-0.3, -0.25) is 9.59 Å². The highest BCUT2D eigenvalue weighted by molar-refractivity contribution is 5.97. The number of ether oxygens (including phenoxy) is 1. The van der Waals surface area contributed by atoms with Crippen molar-refractivity contribution in [3.05, 3.63) is 29.8 Å². The molecule has 24 heavy (non-hydrogen) atoms. The highest BCUT2D eigenvalue weighted by Crippen LogP contribution is 2.25. The van der Waals surface area contributed by atoms with Crippen molar-refractivity contribution in [3.63, 3.8) is 0 Å². The van der Waals surface area contributed by atoms with Gasteiger partial charge in [-0.25, -0.2) is 0 Å². The van der Waals surface area contributed by atoms with E-state index in [1.165, 1.54) is 0 Å². The van der Waals surface area contributed by atoms with Crippen LogP contribution in [0.25, 0.3) is 0 Å². The first-order valence-electron chi connectivity index (χ1n) is 7.47. The maximum atomic E-state index is 12.4. The molecule has 1 aliphatic heterocycles. The van der Waals surface area contributed by atoms with Crippen LogP contribution in [0.15, 0.2) is 24.3 Å². The van der Waals surface area contributed by atoms with Gasteiger partial charge in [-0.15, -0.1) is 0 Å². The molecule has 0 bridgehead atoms. The normalized spacial score (nSPS) is 19.5. The van der Waals surface area contributed by atoms with Gasteiger partial charge in [0.25, 0.3) is 0 Å². The van der Waals surface area contributed by atoms with E-state index in [-0.39, 0.29) is 19.1 Å². The second-order valence-corrected chi connectivity index (χ2v) is 5.78. The van der Waals surface area contributed by atoms with E-state index in [2.05, 4.69) is 5.32 Å². The second kappa shape index (κ2) is 7.21. The molecule has 1 heterocycles. The largest absolute Gasteiger partial charge is 0.406 e. The van der Waals surface area contributed by atoms with E-state index in [9.17, 15) is 22.8 Å². The predicted molar refractivity (Wildman–Crippen MR) is 81.2 cm³/mol. The Labute approximate surface area is 137 Å². The van der Waals surface area contributed by atoms with Crippen molar-refractivity contribution in [2.45, 2.75) is 25.6 Å². The standard InChI is InChI=1S/C16H19F3N2O3/c1-10(24-2)11-4-3-5-13(6-11)20-15(23)12-7-14(22)21(8-12)9-16(17,18)19/h3-6,10,12H,7-9H2,1-2H3,(H,20,23)/t10-,12+/m0/s1. The van der Waals surface area contributed by atoms with Crippen LogP contribution in [0.3, 0.4) is 0 Å². The van der Waals surface area contributed by atoms with Crippen molar-refractivity contribution in [1.82, 2.24) is 4.90 Å². The Bertz CT molecular complexity index is 619. The number of amides is 2. The first kappa shape index (κ1) is 18.3. The lowest BCUT2D eigenvalue weighted by atomic mass is 10.1. The zero-order chi connectivity index (χ0) is 17.9. The lowest BCUT2D eigenvalue weighted by Gasteiger charge is -2.18. The van der Waals surface area contributed by atoms with E-state index in [0.717, 1.165) is 5.56 Å². The van der Waals surface area contributed by atoms with Crippen LogP contribution in [-0.2, 0) is 14.3 Å².